The first-order valence-electron chi connectivity index (χ1n) is 9.28. The zero-order valence-corrected chi connectivity index (χ0v) is 17.4. The molecule has 2 heterocycles. The predicted octanol–water partition coefficient (Wildman–Crippen LogP) is 4.45. The van der Waals surface area contributed by atoms with E-state index in [1.807, 2.05) is 18.2 Å². The summed E-state index contributed by atoms with van der Waals surface area (Å²) in [5.74, 6) is -1.01. The van der Waals surface area contributed by atoms with E-state index in [2.05, 4.69) is 15.3 Å². The van der Waals surface area contributed by atoms with E-state index in [1.54, 1.807) is 36.1 Å². The van der Waals surface area contributed by atoms with E-state index in [9.17, 15) is 14.3 Å². The molecule has 2 aromatic heterocycles. The van der Waals surface area contributed by atoms with E-state index in [-0.39, 0.29) is 23.1 Å². The molecule has 0 saturated heterocycles. The second-order valence-electron chi connectivity index (χ2n) is 6.82. The molecule has 2 aromatic carbocycles. The fourth-order valence-corrected chi connectivity index (χ4v) is 3.45. The first kappa shape index (κ1) is 20.8. The summed E-state index contributed by atoms with van der Waals surface area (Å²) in [5.41, 5.74) is 3.03. The van der Waals surface area contributed by atoms with Gasteiger partial charge in [-0.15, -0.1) is 0 Å². The number of ether oxygens (including phenoxy) is 1. The number of benzene rings is 2. The van der Waals surface area contributed by atoms with Crippen LogP contribution in [-0.2, 0) is 18.4 Å². The molecule has 4 aromatic rings. The SMILES string of the molecule is COC(=O)c1nc(-c2ccc3nccc(Nc4c(CO)ccc(Cl)c4F)c3c2)cn1C. The third kappa shape index (κ3) is 3.83. The van der Waals surface area contributed by atoms with Gasteiger partial charge in [0.15, 0.2) is 5.82 Å². The Morgan fingerprint density at radius 1 is 1.29 bits per heavy atom. The summed E-state index contributed by atoms with van der Waals surface area (Å²) < 4.78 is 21.0. The Bertz CT molecular complexity index is 1310. The average molecular weight is 441 g/mol. The van der Waals surface area contributed by atoms with Crippen LogP contribution in [0.25, 0.3) is 22.2 Å². The smallest absolute Gasteiger partial charge is 0.374 e. The highest BCUT2D eigenvalue weighted by atomic mass is 35.5. The summed E-state index contributed by atoms with van der Waals surface area (Å²) in [6.45, 7) is -0.352. The van der Waals surface area contributed by atoms with E-state index in [4.69, 9.17) is 16.3 Å². The van der Waals surface area contributed by atoms with Gasteiger partial charge in [0.05, 0.1) is 35.6 Å². The minimum atomic E-state index is -0.651. The molecule has 0 fully saturated rings. The number of fused-ring (bicyclic) bond motifs is 1. The van der Waals surface area contributed by atoms with Gasteiger partial charge in [0.1, 0.15) is 0 Å². The number of nitrogens with one attached hydrogen (secondary N) is 1. The van der Waals surface area contributed by atoms with Gasteiger partial charge in [-0.3, -0.25) is 4.98 Å². The van der Waals surface area contributed by atoms with E-state index in [0.717, 1.165) is 5.56 Å². The van der Waals surface area contributed by atoms with E-state index in [1.165, 1.54) is 13.2 Å². The highest BCUT2D eigenvalue weighted by molar-refractivity contribution is 6.31. The van der Waals surface area contributed by atoms with E-state index >= 15 is 0 Å². The predicted molar refractivity (Wildman–Crippen MR) is 116 cm³/mol. The number of carbonyl (C=O) groups is 1. The first-order valence-corrected chi connectivity index (χ1v) is 9.66. The van der Waals surface area contributed by atoms with Crippen LogP contribution in [0.15, 0.2) is 48.8 Å². The van der Waals surface area contributed by atoms with Crippen molar-refractivity contribution in [3.63, 3.8) is 0 Å². The summed E-state index contributed by atoms with van der Waals surface area (Å²) >= 11 is 5.93. The zero-order valence-electron chi connectivity index (χ0n) is 16.7. The maximum atomic E-state index is 14.7. The molecule has 7 nitrogen and oxygen atoms in total. The lowest BCUT2D eigenvalue weighted by Gasteiger charge is -2.14. The van der Waals surface area contributed by atoms with Crippen molar-refractivity contribution in [3.05, 3.63) is 71.0 Å². The Morgan fingerprint density at radius 2 is 2.10 bits per heavy atom. The van der Waals surface area contributed by atoms with Crippen molar-refractivity contribution >= 4 is 39.8 Å². The standard InChI is InChI=1S/C22H18ClFN4O3/c1-28-10-18(27-21(28)22(30)31-2)12-4-6-16-14(9-12)17(7-8-25-16)26-20-13(11-29)3-5-15(23)19(20)24/h3-10,29H,11H2,1-2H3,(H,25,26). The van der Waals surface area contributed by atoms with Gasteiger partial charge in [-0.25, -0.2) is 14.2 Å². The Morgan fingerprint density at radius 3 is 2.84 bits per heavy atom. The van der Waals surface area contributed by atoms with Gasteiger partial charge in [0.25, 0.3) is 0 Å². The number of imidazole rings is 1. The zero-order chi connectivity index (χ0) is 22.1. The van der Waals surface area contributed by atoms with E-state index in [0.29, 0.717) is 27.8 Å². The van der Waals surface area contributed by atoms with Crippen molar-refractivity contribution in [2.75, 3.05) is 12.4 Å². The van der Waals surface area contributed by atoms with Crippen LogP contribution in [0.4, 0.5) is 15.8 Å². The number of aromatic nitrogens is 3. The summed E-state index contributed by atoms with van der Waals surface area (Å²) in [6.07, 6.45) is 3.32. The number of hydrogen-bond acceptors (Lipinski definition) is 6. The van der Waals surface area contributed by atoms with Crippen molar-refractivity contribution in [3.8, 4) is 11.3 Å². The number of halogens is 2. The van der Waals surface area contributed by atoms with E-state index < -0.39 is 11.8 Å². The Labute approximate surface area is 182 Å². The third-order valence-corrected chi connectivity index (χ3v) is 5.18. The van der Waals surface area contributed by atoms with Crippen LogP contribution in [0.3, 0.4) is 0 Å². The lowest BCUT2D eigenvalue weighted by molar-refractivity contribution is 0.0583. The first-order chi connectivity index (χ1) is 14.9. The van der Waals surface area contributed by atoms with Crippen molar-refractivity contribution < 1.29 is 19.0 Å². The van der Waals surface area contributed by atoms with Crippen molar-refractivity contribution in [2.45, 2.75) is 6.61 Å². The maximum absolute atomic E-state index is 14.7. The monoisotopic (exact) mass is 440 g/mol. The number of hydrogen-bond donors (Lipinski definition) is 2. The normalized spacial score (nSPS) is 11.0. The number of methoxy groups -OCH3 is 1. The molecule has 0 aliphatic heterocycles. The number of anilines is 2. The van der Waals surface area contributed by atoms with Crippen molar-refractivity contribution in [1.82, 2.24) is 14.5 Å². The Kier molecular flexibility index (Phi) is 5.58. The molecule has 0 saturated carbocycles. The minimum Gasteiger partial charge on any atom is -0.463 e. The summed E-state index contributed by atoms with van der Waals surface area (Å²) in [5, 5.41) is 13.3. The quantitative estimate of drug-likeness (QED) is 0.446. The number of nitrogens with zero attached hydrogens (tertiary/aromatic N) is 3. The minimum absolute atomic E-state index is 0.0532. The number of aryl methyl sites for hydroxylation is 1. The fourth-order valence-electron chi connectivity index (χ4n) is 3.29. The molecule has 0 spiro atoms. The molecule has 4 rings (SSSR count). The summed E-state index contributed by atoms with van der Waals surface area (Å²) in [4.78, 5) is 20.6. The second kappa shape index (κ2) is 8.33. The number of esters is 1. The van der Waals surface area contributed by atoms with Gasteiger partial charge in [-0.05, 0) is 24.3 Å². The van der Waals surface area contributed by atoms with Crippen molar-refractivity contribution in [1.29, 1.82) is 0 Å². The molecule has 0 radical (unpaired) electrons. The largest absolute Gasteiger partial charge is 0.463 e. The number of carbonyl (C=O) groups excluding carboxylic acids is 1. The van der Waals surface area contributed by atoms with Crippen LogP contribution in [0.2, 0.25) is 5.02 Å². The molecule has 31 heavy (non-hydrogen) atoms. The Hall–Kier alpha value is -3.49. The molecule has 0 amide bonds. The molecule has 2 N–H and O–H groups in total. The topological polar surface area (TPSA) is 89.3 Å². The molecule has 0 atom stereocenters. The Balaban J connectivity index is 1.81. The van der Waals surface area contributed by atoms with Gasteiger partial charge in [-0.1, -0.05) is 23.7 Å². The second-order valence-corrected chi connectivity index (χ2v) is 7.23. The highest BCUT2D eigenvalue weighted by Crippen LogP contribution is 2.33. The number of rotatable bonds is 5. The third-order valence-electron chi connectivity index (χ3n) is 4.89. The van der Waals surface area contributed by atoms with Gasteiger partial charge in [0, 0.05) is 41.6 Å². The lowest BCUT2D eigenvalue weighted by atomic mass is 10.1. The summed E-state index contributed by atoms with van der Waals surface area (Å²) in [7, 11) is 3.00. The van der Waals surface area contributed by atoms with Crippen LogP contribution in [-0.4, -0.2) is 32.7 Å². The van der Waals surface area contributed by atoms with Crippen molar-refractivity contribution in [2.24, 2.45) is 7.05 Å². The summed E-state index contributed by atoms with van der Waals surface area (Å²) in [6, 6.07) is 10.1. The molecule has 0 bridgehead atoms. The van der Waals surface area contributed by atoms with Crippen LogP contribution in [0, 0.1) is 5.82 Å². The number of pyridine rings is 1. The molecular weight excluding hydrogens is 423 g/mol. The molecule has 0 aliphatic rings. The van der Waals surface area contributed by atoms with Gasteiger partial charge in [0.2, 0.25) is 5.82 Å². The average Bonchev–Trinajstić information content (AvgIpc) is 3.18. The van der Waals surface area contributed by atoms with Gasteiger partial charge < -0.3 is 19.7 Å². The molecule has 0 aliphatic carbocycles. The van der Waals surface area contributed by atoms with Crippen LogP contribution in [0.5, 0.6) is 0 Å². The number of aliphatic hydroxyl groups is 1. The molecular formula is C22H18ClFN4O3. The van der Waals surface area contributed by atoms with Gasteiger partial charge in [-0.2, -0.15) is 0 Å². The van der Waals surface area contributed by atoms with Crippen LogP contribution in [0.1, 0.15) is 16.2 Å². The molecule has 9 heteroatoms. The number of aliphatic hydroxyl groups excluding tert-OH is 1. The maximum Gasteiger partial charge on any atom is 0.374 e. The van der Waals surface area contributed by atoms with Gasteiger partial charge >= 0.3 is 5.97 Å². The fraction of sp³-hybridized carbons (Fsp3) is 0.136. The lowest BCUT2D eigenvalue weighted by Crippen LogP contribution is -2.08. The molecule has 158 valence electrons. The highest BCUT2D eigenvalue weighted by Gasteiger charge is 2.17. The van der Waals surface area contributed by atoms with Crippen LogP contribution < -0.4 is 5.32 Å². The molecule has 0 unspecified atom stereocenters. The van der Waals surface area contributed by atoms with Crippen LogP contribution >= 0.6 is 11.6 Å².